The number of carbonyl (C=O) groups excluding carboxylic acids is 5. The highest BCUT2D eigenvalue weighted by atomic mass is 35.5. The summed E-state index contributed by atoms with van der Waals surface area (Å²) in [4.78, 5) is 61.3. The third kappa shape index (κ3) is 6.42. The van der Waals surface area contributed by atoms with Gasteiger partial charge in [0.1, 0.15) is 0 Å². The smallest absolute Gasteiger partial charge is 0.411 e. The summed E-state index contributed by atoms with van der Waals surface area (Å²) < 4.78 is 4.82. The molecule has 2 rings (SSSR count). The average Bonchev–Trinajstić information content (AvgIpc) is 3.04. The summed E-state index contributed by atoms with van der Waals surface area (Å²) >= 11 is 6.00. The maximum Gasteiger partial charge on any atom is 0.411 e. The van der Waals surface area contributed by atoms with E-state index in [9.17, 15) is 24.0 Å². The first-order valence-corrected chi connectivity index (χ1v) is 10.1. The van der Waals surface area contributed by atoms with Crippen molar-refractivity contribution < 1.29 is 28.7 Å². The van der Waals surface area contributed by atoms with Crippen LogP contribution < -0.4 is 21.3 Å². The largest absolute Gasteiger partial charge is 0.450 e. The lowest BCUT2D eigenvalue weighted by Gasteiger charge is -2.20. The second kappa shape index (κ2) is 10.8. The highest BCUT2D eigenvalue weighted by Gasteiger charge is 2.36. The van der Waals surface area contributed by atoms with Crippen molar-refractivity contribution >= 4 is 46.9 Å². The lowest BCUT2D eigenvalue weighted by atomic mass is 9.93. The van der Waals surface area contributed by atoms with E-state index < -0.39 is 35.7 Å². The second-order valence-corrected chi connectivity index (χ2v) is 7.52. The van der Waals surface area contributed by atoms with Crippen LogP contribution in [0.2, 0.25) is 5.02 Å². The zero-order valence-electron chi connectivity index (χ0n) is 17.4. The molecule has 31 heavy (non-hydrogen) atoms. The van der Waals surface area contributed by atoms with Gasteiger partial charge < -0.3 is 20.7 Å². The number of ether oxygens (including phenoxy) is 1. The van der Waals surface area contributed by atoms with E-state index in [1.807, 2.05) is 6.92 Å². The molecule has 0 aromatic heterocycles. The molecule has 1 unspecified atom stereocenters. The highest BCUT2D eigenvalue weighted by Crippen LogP contribution is 2.23. The monoisotopic (exact) mass is 452 g/mol. The van der Waals surface area contributed by atoms with Gasteiger partial charge in [-0.15, -0.1) is 0 Å². The number of hydrogen-bond donors (Lipinski definition) is 4. The van der Waals surface area contributed by atoms with E-state index >= 15 is 0 Å². The van der Waals surface area contributed by atoms with Crippen molar-refractivity contribution in [3.63, 3.8) is 0 Å². The molecule has 1 aliphatic heterocycles. The Kier molecular flexibility index (Phi) is 8.38. The zero-order chi connectivity index (χ0) is 23.1. The van der Waals surface area contributed by atoms with Crippen molar-refractivity contribution in [3.8, 4) is 0 Å². The summed E-state index contributed by atoms with van der Waals surface area (Å²) in [5.41, 5.74) is 0.0817. The Morgan fingerprint density at radius 2 is 2.00 bits per heavy atom. The van der Waals surface area contributed by atoms with E-state index in [1.165, 1.54) is 25.2 Å². The molecule has 10 nitrogen and oxygen atoms in total. The Balaban J connectivity index is 2.27. The predicted octanol–water partition coefficient (Wildman–Crippen LogP) is 1.24. The average molecular weight is 453 g/mol. The minimum atomic E-state index is -1.25. The third-order valence-electron chi connectivity index (χ3n) is 4.73. The normalized spacial score (nSPS) is 18.5. The van der Waals surface area contributed by atoms with Crippen molar-refractivity contribution in [3.05, 3.63) is 28.8 Å². The molecule has 11 heteroatoms. The van der Waals surface area contributed by atoms with E-state index in [-0.39, 0.29) is 41.3 Å². The fraction of sp³-hybridized carbons (Fsp3) is 0.450. The topological polar surface area (TPSA) is 143 Å². The van der Waals surface area contributed by atoms with E-state index in [4.69, 9.17) is 16.3 Å². The number of rotatable bonds is 8. The molecule has 0 aliphatic carbocycles. The molecule has 4 N–H and O–H groups in total. The molecule has 1 aromatic carbocycles. The van der Waals surface area contributed by atoms with Crippen molar-refractivity contribution in [1.29, 1.82) is 0 Å². The van der Waals surface area contributed by atoms with Crippen molar-refractivity contribution in [2.75, 3.05) is 19.0 Å². The molecule has 0 bridgehead atoms. The number of hydrogen-bond acceptors (Lipinski definition) is 6. The first-order chi connectivity index (χ1) is 14.7. The van der Waals surface area contributed by atoms with Gasteiger partial charge in [-0.2, -0.15) is 0 Å². The lowest BCUT2D eigenvalue weighted by molar-refractivity contribution is -0.139. The summed E-state index contributed by atoms with van der Waals surface area (Å²) in [6.07, 6.45) is -0.345. The van der Waals surface area contributed by atoms with Gasteiger partial charge in [0.05, 0.1) is 23.9 Å². The molecule has 1 heterocycles. The van der Waals surface area contributed by atoms with Crippen LogP contribution in [0.1, 0.15) is 37.0 Å². The number of amides is 4. The maximum absolute atomic E-state index is 13.0. The molecule has 0 radical (unpaired) electrons. The molecule has 1 fully saturated rings. The molecule has 1 aliphatic rings. The standard InChI is InChI=1S/C20H25ClN4O6/c1-4-31-20(30)25-14-6-5-12(21)9-13(14)18(28)24-15(16(26)19(29)22-3)8-11-7-10(2)23-17(11)27/h5-6,9-11,15H,4,7-8H2,1-3H3,(H,22,29)(H,23,27)(H,24,28)(H,25,30)/t10-,11+,15?/m1/s1. The minimum Gasteiger partial charge on any atom is -0.450 e. The van der Waals surface area contributed by atoms with E-state index in [2.05, 4.69) is 21.3 Å². The van der Waals surface area contributed by atoms with Crippen LogP contribution in [-0.4, -0.2) is 55.3 Å². The van der Waals surface area contributed by atoms with E-state index in [1.54, 1.807) is 6.92 Å². The van der Waals surface area contributed by atoms with Gasteiger partial charge in [0, 0.05) is 24.0 Å². The van der Waals surface area contributed by atoms with Gasteiger partial charge in [-0.25, -0.2) is 4.79 Å². The Hall–Kier alpha value is -3.14. The molecule has 0 spiro atoms. The van der Waals surface area contributed by atoms with Crippen LogP contribution in [0.25, 0.3) is 0 Å². The van der Waals surface area contributed by atoms with Crippen LogP contribution in [0.15, 0.2) is 18.2 Å². The predicted molar refractivity (Wildman–Crippen MR) is 113 cm³/mol. The zero-order valence-corrected chi connectivity index (χ0v) is 18.2. The van der Waals surface area contributed by atoms with Gasteiger partial charge >= 0.3 is 6.09 Å². The molecule has 3 atom stereocenters. The van der Waals surface area contributed by atoms with Gasteiger partial charge in [-0.1, -0.05) is 11.6 Å². The SMILES string of the molecule is CCOC(=O)Nc1ccc(Cl)cc1C(=O)NC(C[C@@H]1C[C@@H](C)NC1=O)C(=O)C(=O)NC. The number of Topliss-reactive ketones (excluding diaryl/α,β-unsaturated/α-hetero) is 1. The first-order valence-electron chi connectivity index (χ1n) is 9.76. The Bertz CT molecular complexity index is 890. The summed E-state index contributed by atoms with van der Waals surface area (Å²) in [6, 6.07) is 2.87. The number of anilines is 1. The number of ketones is 1. The van der Waals surface area contributed by atoms with Gasteiger partial charge in [-0.3, -0.25) is 24.5 Å². The molecule has 1 aromatic rings. The fourth-order valence-corrected chi connectivity index (χ4v) is 3.45. The van der Waals surface area contributed by atoms with Crippen molar-refractivity contribution in [1.82, 2.24) is 16.0 Å². The van der Waals surface area contributed by atoms with Crippen LogP contribution in [-0.2, 0) is 19.1 Å². The summed E-state index contributed by atoms with van der Waals surface area (Å²) in [6.45, 7) is 3.58. The molecule has 0 saturated carbocycles. The van der Waals surface area contributed by atoms with Crippen LogP contribution in [0, 0.1) is 5.92 Å². The highest BCUT2D eigenvalue weighted by molar-refractivity contribution is 6.38. The van der Waals surface area contributed by atoms with Crippen LogP contribution >= 0.6 is 11.6 Å². The Morgan fingerprint density at radius 1 is 1.29 bits per heavy atom. The number of nitrogens with one attached hydrogen (secondary N) is 4. The number of carbonyl (C=O) groups is 5. The molecule has 168 valence electrons. The van der Waals surface area contributed by atoms with Gasteiger partial charge in [0.25, 0.3) is 11.8 Å². The van der Waals surface area contributed by atoms with Gasteiger partial charge in [0.2, 0.25) is 11.7 Å². The van der Waals surface area contributed by atoms with Crippen molar-refractivity contribution in [2.24, 2.45) is 5.92 Å². The lowest BCUT2D eigenvalue weighted by Crippen LogP contribution is -2.48. The fourth-order valence-electron chi connectivity index (χ4n) is 3.28. The number of benzene rings is 1. The summed E-state index contributed by atoms with van der Waals surface area (Å²) in [5, 5.41) is 10.1. The molecule has 4 amide bonds. The van der Waals surface area contributed by atoms with Gasteiger partial charge in [0.15, 0.2) is 0 Å². The van der Waals surface area contributed by atoms with Crippen molar-refractivity contribution in [2.45, 2.75) is 38.8 Å². The number of likely N-dealkylation sites (N-methyl/N-ethyl adjacent to an activating group) is 1. The minimum absolute atomic E-state index is 0.0282. The first kappa shape index (κ1) is 24.1. The van der Waals surface area contributed by atoms with Crippen LogP contribution in [0.3, 0.4) is 0 Å². The van der Waals surface area contributed by atoms with Crippen LogP contribution in [0.5, 0.6) is 0 Å². The maximum atomic E-state index is 13.0. The Labute approximate surface area is 184 Å². The van der Waals surface area contributed by atoms with Crippen LogP contribution in [0.4, 0.5) is 10.5 Å². The quantitative estimate of drug-likeness (QED) is 0.437. The molecular weight excluding hydrogens is 428 g/mol. The van der Waals surface area contributed by atoms with E-state index in [0.717, 1.165) is 0 Å². The molecule has 1 saturated heterocycles. The van der Waals surface area contributed by atoms with E-state index in [0.29, 0.717) is 6.42 Å². The third-order valence-corrected chi connectivity index (χ3v) is 4.96. The summed E-state index contributed by atoms with van der Waals surface area (Å²) in [7, 11) is 1.29. The number of halogens is 1. The van der Waals surface area contributed by atoms with Gasteiger partial charge in [-0.05, 0) is 44.9 Å². The second-order valence-electron chi connectivity index (χ2n) is 7.08. The molecular formula is C20H25ClN4O6. The summed E-state index contributed by atoms with van der Waals surface area (Å²) in [5.74, 6) is -3.31. The Morgan fingerprint density at radius 3 is 2.58 bits per heavy atom.